The number of halogens is 1. The third-order valence-corrected chi connectivity index (χ3v) is 3.11. The van der Waals surface area contributed by atoms with Gasteiger partial charge in [-0.15, -0.1) is 0 Å². The molecule has 2 rings (SSSR count). The predicted octanol–water partition coefficient (Wildman–Crippen LogP) is 2.83. The molecule has 1 aromatic heterocycles. The first-order valence-corrected chi connectivity index (χ1v) is 6.32. The van der Waals surface area contributed by atoms with Crippen molar-refractivity contribution < 1.29 is 9.21 Å². The van der Waals surface area contributed by atoms with E-state index in [0.29, 0.717) is 17.9 Å². The van der Waals surface area contributed by atoms with Crippen LogP contribution in [-0.2, 0) is 11.2 Å². The third-order valence-electron chi connectivity index (χ3n) is 2.88. The van der Waals surface area contributed by atoms with Gasteiger partial charge < -0.3 is 4.42 Å². The number of furan rings is 1. The quantitative estimate of drug-likeness (QED) is 0.513. The second-order valence-corrected chi connectivity index (χ2v) is 4.73. The van der Waals surface area contributed by atoms with Crippen molar-refractivity contribution >= 4 is 17.5 Å². The lowest BCUT2D eigenvalue weighted by atomic mass is 10.1. The van der Waals surface area contributed by atoms with Gasteiger partial charge in [-0.1, -0.05) is 11.6 Å². The first-order chi connectivity index (χ1) is 9.10. The number of hydrogen-bond acceptors (Lipinski definition) is 3. The molecule has 2 aromatic rings. The van der Waals surface area contributed by atoms with E-state index in [4.69, 9.17) is 21.9 Å². The van der Waals surface area contributed by atoms with E-state index >= 15 is 0 Å². The zero-order chi connectivity index (χ0) is 13.8. The van der Waals surface area contributed by atoms with E-state index in [-0.39, 0.29) is 5.91 Å². The fourth-order valence-electron chi connectivity index (χ4n) is 1.87. The third kappa shape index (κ3) is 3.36. The number of aryl methyl sites for hydroxylation is 2. The molecule has 0 aliphatic rings. The average Bonchev–Trinajstić information content (AvgIpc) is 2.84. The Morgan fingerprint density at radius 1 is 1.37 bits per heavy atom. The Labute approximate surface area is 116 Å². The molecule has 3 N–H and O–H groups in total. The Bertz CT molecular complexity index is 593. The molecule has 0 atom stereocenters. The molecule has 0 aliphatic carbocycles. The van der Waals surface area contributed by atoms with E-state index < -0.39 is 0 Å². The Kier molecular flexibility index (Phi) is 4.24. The van der Waals surface area contributed by atoms with Gasteiger partial charge in [0.25, 0.3) is 0 Å². The molecule has 1 amide bonds. The normalized spacial score (nSPS) is 10.5. The van der Waals surface area contributed by atoms with Crippen molar-refractivity contribution in [2.24, 2.45) is 5.84 Å². The molecular formula is C14H15ClN2O2. The maximum atomic E-state index is 11.1. The summed E-state index contributed by atoms with van der Waals surface area (Å²) in [6, 6.07) is 9.40. The van der Waals surface area contributed by atoms with Gasteiger partial charge in [0.1, 0.15) is 11.5 Å². The number of carbonyl (C=O) groups excluding carboxylic acids is 1. The zero-order valence-corrected chi connectivity index (χ0v) is 11.3. The highest BCUT2D eigenvalue weighted by molar-refractivity contribution is 6.30. The van der Waals surface area contributed by atoms with Crippen LogP contribution in [0.4, 0.5) is 0 Å². The SMILES string of the molecule is Cc1cc(Cl)ccc1-c1ccc(CCC(=O)NN)o1. The zero-order valence-electron chi connectivity index (χ0n) is 10.6. The maximum Gasteiger partial charge on any atom is 0.234 e. The molecule has 0 unspecified atom stereocenters. The minimum Gasteiger partial charge on any atom is -0.461 e. The van der Waals surface area contributed by atoms with Crippen molar-refractivity contribution in [1.82, 2.24) is 5.43 Å². The minimum absolute atomic E-state index is 0.208. The van der Waals surface area contributed by atoms with Gasteiger partial charge in [-0.3, -0.25) is 10.2 Å². The summed E-state index contributed by atoms with van der Waals surface area (Å²) in [5.41, 5.74) is 4.14. The van der Waals surface area contributed by atoms with E-state index in [1.54, 1.807) is 0 Å². The topological polar surface area (TPSA) is 68.3 Å². The van der Waals surface area contributed by atoms with Crippen LogP contribution in [0.2, 0.25) is 5.02 Å². The van der Waals surface area contributed by atoms with Crippen LogP contribution in [0, 0.1) is 6.92 Å². The molecule has 0 spiro atoms. The molecule has 0 radical (unpaired) electrons. The van der Waals surface area contributed by atoms with E-state index in [1.165, 1.54) is 0 Å². The number of hydrazine groups is 1. The monoisotopic (exact) mass is 278 g/mol. The van der Waals surface area contributed by atoms with Crippen molar-refractivity contribution in [3.8, 4) is 11.3 Å². The average molecular weight is 279 g/mol. The van der Waals surface area contributed by atoms with Crippen LogP contribution < -0.4 is 11.3 Å². The fraction of sp³-hybridized carbons (Fsp3) is 0.214. The van der Waals surface area contributed by atoms with Gasteiger partial charge in [0, 0.05) is 23.4 Å². The van der Waals surface area contributed by atoms with Crippen LogP contribution in [0.15, 0.2) is 34.7 Å². The van der Waals surface area contributed by atoms with E-state index in [9.17, 15) is 4.79 Å². The number of amides is 1. The summed E-state index contributed by atoms with van der Waals surface area (Å²) in [6.07, 6.45) is 0.832. The van der Waals surface area contributed by atoms with E-state index in [0.717, 1.165) is 22.6 Å². The van der Waals surface area contributed by atoms with Gasteiger partial charge in [0.2, 0.25) is 5.91 Å². The second kappa shape index (κ2) is 5.91. The summed E-state index contributed by atoms with van der Waals surface area (Å²) in [6.45, 7) is 1.98. The van der Waals surface area contributed by atoms with Crippen molar-refractivity contribution in [2.45, 2.75) is 19.8 Å². The lowest BCUT2D eigenvalue weighted by molar-refractivity contribution is -0.121. The predicted molar refractivity (Wildman–Crippen MR) is 74.5 cm³/mol. The van der Waals surface area contributed by atoms with Crippen LogP contribution in [0.25, 0.3) is 11.3 Å². The van der Waals surface area contributed by atoms with Gasteiger partial charge in [0.15, 0.2) is 0 Å². The van der Waals surface area contributed by atoms with E-state index in [1.807, 2.05) is 37.3 Å². The van der Waals surface area contributed by atoms with Crippen molar-refractivity contribution in [2.75, 3.05) is 0 Å². The van der Waals surface area contributed by atoms with Crippen LogP contribution in [0.3, 0.4) is 0 Å². The Morgan fingerprint density at radius 3 is 2.84 bits per heavy atom. The molecule has 0 fully saturated rings. The molecule has 19 heavy (non-hydrogen) atoms. The number of benzene rings is 1. The number of carbonyl (C=O) groups is 1. The molecule has 0 saturated heterocycles. The van der Waals surface area contributed by atoms with Crippen LogP contribution in [0.5, 0.6) is 0 Å². The van der Waals surface area contributed by atoms with Gasteiger partial charge in [0.05, 0.1) is 0 Å². The molecule has 1 aromatic carbocycles. The van der Waals surface area contributed by atoms with Gasteiger partial charge in [-0.25, -0.2) is 5.84 Å². The first kappa shape index (κ1) is 13.6. The van der Waals surface area contributed by atoms with Gasteiger partial charge >= 0.3 is 0 Å². The lowest BCUT2D eigenvalue weighted by Crippen LogP contribution is -2.30. The van der Waals surface area contributed by atoms with Crippen LogP contribution >= 0.6 is 11.6 Å². The minimum atomic E-state index is -0.208. The first-order valence-electron chi connectivity index (χ1n) is 5.95. The largest absolute Gasteiger partial charge is 0.461 e. The standard InChI is InChI=1S/C14H15ClN2O2/c1-9-8-10(15)2-5-12(9)13-6-3-11(19-13)4-7-14(18)17-16/h2-3,5-6,8H,4,7,16H2,1H3,(H,17,18). The molecular weight excluding hydrogens is 264 g/mol. The molecule has 1 heterocycles. The Morgan fingerprint density at radius 2 is 2.16 bits per heavy atom. The van der Waals surface area contributed by atoms with Crippen LogP contribution in [0.1, 0.15) is 17.7 Å². The molecule has 5 heteroatoms. The van der Waals surface area contributed by atoms with Gasteiger partial charge in [-0.05, 0) is 42.8 Å². The summed E-state index contributed by atoms with van der Waals surface area (Å²) in [5, 5.41) is 0.702. The summed E-state index contributed by atoms with van der Waals surface area (Å²) in [7, 11) is 0. The highest BCUT2D eigenvalue weighted by atomic mass is 35.5. The summed E-state index contributed by atoms with van der Waals surface area (Å²) >= 11 is 5.92. The number of nitrogens with two attached hydrogens (primary N) is 1. The van der Waals surface area contributed by atoms with Crippen molar-refractivity contribution in [1.29, 1.82) is 0 Å². The highest BCUT2D eigenvalue weighted by Crippen LogP contribution is 2.27. The molecule has 100 valence electrons. The molecule has 0 saturated carbocycles. The highest BCUT2D eigenvalue weighted by Gasteiger charge is 2.09. The number of nitrogens with one attached hydrogen (secondary N) is 1. The Hall–Kier alpha value is -1.78. The molecule has 4 nitrogen and oxygen atoms in total. The summed E-state index contributed by atoms with van der Waals surface area (Å²) in [5.74, 6) is 6.35. The van der Waals surface area contributed by atoms with Gasteiger partial charge in [-0.2, -0.15) is 0 Å². The van der Waals surface area contributed by atoms with E-state index in [2.05, 4.69) is 5.43 Å². The smallest absolute Gasteiger partial charge is 0.234 e. The van der Waals surface area contributed by atoms with Crippen molar-refractivity contribution in [3.05, 3.63) is 46.7 Å². The maximum absolute atomic E-state index is 11.1. The molecule has 0 aliphatic heterocycles. The van der Waals surface area contributed by atoms with Crippen LogP contribution in [-0.4, -0.2) is 5.91 Å². The molecule has 0 bridgehead atoms. The summed E-state index contributed by atoms with van der Waals surface area (Å²) < 4.78 is 5.72. The van der Waals surface area contributed by atoms with Crippen molar-refractivity contribution in [3.63, 3.8) is 0 Å². The number of rotatable bonds is 4. The Balaban J connectivity index is 2.14. The summed E-state index contributed by atoms with van der Waals surface area (Å²) in [4.78, 5) is 11.1. The number of hydrogen-bond donors (Lipinski definition) is 2. The second-order valence-electron chi connectivity index (χ2n) is 4.29. The lowest BCUT2D eigenvalue weighted by Gasteiger charge is -2.03. The fourth-order valence-corrected chi connectivity index (χ4v) is 2.10.